The van der Waals surface area contributed by atoms with Crippen LogP contribution in [0.25, 0.3) is 22.3 Å². The summed E-state index contributed by atoms with van der Waals surface area (Å²) in [4.78, 5) is 0. The molecule has 0 aliphatic heterocycles. The van der Waals surface area contributed by atoms with Crippen LogP contribution in [0.1, 0.15) is 30.9 Å². The van der Waals surface area contributed by atoms with Crippen LogP contribution in [0.15, 0.2) is 48.5 Å². The zero-order valence-electron chi connectivity index (χ0n) is 14.7. The van der Waals surface area contributed by atoms with Gasteiger partial charge in [-0.1, -0.05) is 67.9 Å². The highest BCUT2D eigenvalue weighted by Crippen LogP contribution is 2.34. The molecule has 0 fully saturated rings. The molecule has 0 nitrogen and oxygen atoms in total. The van der Waals surface area contributed by atoms with Crippen LogP contribution in [-0.4, -0.2) is 0 Å². The third-order valence-electron chi connectivity index (χ3n) is 4.47. The van der Waals surface area contributed by atoms with Crippen molar-refractivity contribution in [2.45, 2.75) is 26.7 Å². The number of aryl methyl sites for hydroxylation is 1. The molecular weight excluding hydrogens is 340 g/mol. The Morgan fingerprint density at radius 3 is 1.62 bits per heavy atom. The maximum absolute atomic E-state index is 14.6. The monoisotopic (exact) mass is 358 g/mol. The first kappa shape index (κ1) is 18.2. The molecule has 0 spiro atoms. The Balaban J connectivity index is 2.12. The molecule has 0 bridgehead atoms. The van der Waals surface area contributed by atoms with E-state index in [0.29, 0.717) is 5.56 Å². The maximum Gasteiger partial charge on any atom is 0.167 e. The second-order valence-corrected chi connectivity index (χ2v) is 6.64. The van der Waals surface area contributed by atoms with Crippen molar-refractivity contribution >= 4 is 0 Å². The highest BCUT2D eigenvalue weighted by atomic mass is 19.2. The summed E-state index contributed by atoms with van der Waals surface area (Å²) in [6.45, 7) is 5.35. The van der Waals surface area contributed by atoms with E-state index < -0.39 is 23.3 Å². The van der Waals surface area contributed by atoms with Crippen LogP contribution in [0.4, 0.5) is 17.6 Å². The first-order valence-corrected chi connectivity index (χ1v) is 8.34. The lowest BCUT2D eigenvalue weighted by atomic mass is 9.95. The van der Waals surface area contributed by atoms with Crippen molar-refractivity contribution in [3.05, 3.63) is 82.9 Å². The number of benzene rings is 3. The van der Waals surface area contributed by atoms with Crippen molar-refractivity contribution in [2.75, 3.05) is 0 Å². The lowest BCUT2D eigenvalue weighted by molar-refractivity contribution is 0.492. The summed E-state index contributed by atoms with van der Waals surface area (Å²) in [7, 11) is 0. The molecule has 26 heavy (non-hydrogen) atoms. The highest BCUT2D eigenvalue weighted by molar-refractivity contribution is 5.72. The maximum atomic E-state index is 14.6. The minimum Gasteiger partial charge on any atom is -0.203 e. The molecule has 4 heteroatoms. The van der Waals surface area contributed by atoms with Gasteiger partial charge in [-0.25, -0.2) is 17.6 Å². The van der Waals surface area contributed by atoms with Crippen LogP contribution >= 0.6 is 0 Å². The van der Waals surface area contributed by atoms with Crippen LogP contribution in [0.3, 0.4) is 0 Å². The Hall–Kier alpha value is -2.62. The van der Waals surface area contributed by atoms with Gasteiger partial charge >= 0.3 is 0 Å². The molecule has 0 unspecified atom stereocenters. The molecule has 0 heterocycles. The van der Waals surface area contributed by atoms with Gasteiger partial charge in [0.05, 0.1) is 0 Å². The van der Waals surface area contributed by atoms with Crippen molar-refractivity contribution in [3.8, 4) is 22.3 Å². The standard InChI is InChI=1S/C22H18F4/c1-12(2)15-8-10-17(21(25)19(15)23)18-11-9-16(20(24)22(18)26)14-6-4-13(3)5-7-14/h4-12H,1-3H3. The molecule has 0 atom stereocenters. The van der Waals surface area contributed by atoms with Gasteiger partial charge in [0.2, 0.25) is 0 Å². The smallest absolute Gasteiger partial charge is 0.167 e. The molecule has 3 aromatic carbocycles. The molecule has 134 valence electrons. The summed E-state index contributed by atoms with van der Waals surface area (Å²) in [5.41, 5.74) is 1.19. The molecule has 0 aliphatic rings. The second kappa shape index (κ2) is 6.94. The Kier molecular flexibility index (Phi) is 4.86. The van der Waals surface area contributed by atoms with Gasteiger partial charge in [-0.05, 0) is 24.0 Å². The van der Waals surface area contributed by atoms with Crippen molar-refractivity contribution in [2.24, 2.45) is 0 Å². The first-order chi connectivity index (χ1) is 12.3. The van der Waals surface area contributed by atoms with Crippen molar-refractivity contribution < 1.29 is 17.6 Å². The molecule has 0 aliphatic carbocycles. The molecule has 0 amide bonds. The van der Waals surface area contributed by atoms with Crippen molar-refractivity contribution in [3.63, 3.8) is 0 Å². The quantitative estimate of drug-likeness (QED) is 0.442. The third-order valence-corrected chi connectivity index (χ3v) is 4.47. The van der Waals surface area contributed by atoms with E-state index >= 15 is 0 Å². The number of rotatable bonds is 3. The minimum absolute atomic E-state index is 0.0749. The second-order valence-electron chi connectivity index (χ2n) is 6.64. The van der Waals surface area contributed by atoms with Gasteiger partial charge in [-0.3, -0.25) is 0 Å². The fourth-order valence-corrected chi connectivity index (χ4v) is 2.93. The molecular formula is C22H18F4. The van der Waals surface area contributed by atoms with Gasteiger partial charge < -0.3 is 0 Å². The average Bonchev–Trinajstić information content (AvgIpc) is 2.61. The SMILES string of the molecule is Cc1ccc(-c2ccc(-c3ccc(C(C)C)c(F)c3F)c(F)c2F)cc1. The van der Waals surface area contributed by atoms with Crippen molar-refractivity contribution in [1.29, 1.82) is 0 Å². The number of hydrogen-bond acceptors (Lipinski definition) is 0. The van der Waals surface area contributed by atoms with Gasteiger partial charge in [0.15, 0.2) is 23.3 Å². The van der Waals surface area contributed by atoms with Crippen LogP contribution in [0.2, 0.25) is 0 Å². The highest BCUT2D eigenvalue weighted by Gasteiger charge is 2.21. The van der Waals surface area contributed by atoms with E-state index in [0.717, 1.165) is 5.56 Å². The number of halogens is 4. The van der Waals surface area contributed by atoms with E-state index in [1.807, 2.05) is 6.92 Å². The van der Waals surface area contributed by atoms with Gasteiger partial charge in [0.25, 0.3) is 0 Å². The van der Waals surface area contributed by atoms with E-state index in [-0.39, 0.29) is 28.2 Å². The van der Waals surface area contributed by atoms with E-state index in [2.05, 4.69) is 0 Å². The fraction of sp³-hybridized carbons (Fsp3) is 0.182. The molecule has 0 aromatic heterocycles. The van der Waals surface area contributed by atoms with E-state index in [1.54, 1.807) is 38.1 Å². The van der Waals surface area contributed by atoms with E-state index in [9.17, 15) is 17.6 Å². The Bertz CT molecular complexity index is 957. The summed E-state index contributed by atoms with van der Waals surface area (Å²) >= 11 is 0. The normalized spacial score (nSPS) is 11.2. The topological polar surface area (TPSA) is 0 Å². The predicted octanol–water partition coefficient (Wildman–Crippen LogP) is 7.01. The Labute approximate surface area is 150 Å². The zero-order chi connectivity index (χ0) is 19.0. The summed E-state index contributed by atoms with van der Waals surface area (Å²) < 4.78 is 57.8. The van der Waals surface area contributed by atoms with Crippen LogP contribution in [-0.2, 0) is 0 Å². The first-order valence-electron chi connectivity index (χ1n) is 8.34. The molecule has 0 radical (unpaired) electrons. The zero-order valence-corrected chi connectivity index (χ0v) is 14.7. The molecule has 3 rings (SSSR count). The van der Waals surface area contributed by atoms with Gasteiger partial charge in [0, 0.05) is 16.7 Å². The molecule has 0 N–H and O–H groups in total. The Morgan fingerprint density at radius 1 is 0.577 bits per heavy atom. The number of hydrogen-bond donors (Lipinski definition) is 0. The van der Waals surface area contributed by atoms with E-state index in [4.69, 9.17) is 0 Å². The van der Waals surface area contributed by atoms with Gasteiger partial charge in [-0.15, -0.1) is 0 Å². The summed E-state index contributed by atoms with van der Waals surface area (Å²) in [6, 6.07) is 12.3. The third kappa shape index (κ3) is 3.12. The van der Waals surface area contributed by atoms with Crippen LogP contribution < -0.4 is 0 Å². The molecule has 3 aromatic rings. The average molecular weight is 358 g/mol. The lowest BCUT2D eigenvalue weighted by Gasteiger charge is -2.13. The Morgan fingerprint density at radius 2 is 1.04 bits per heavy atom. The predicted molar refractivity (Wildman–Crippen MR) is 96.0 cm³/mol. The van der Waals surface area contributed by atoms with Gasteiger partial charge in [0.1, 0.15) is 0 Å². The van der Waals surface area contributed by atoms with E-state index in [1.165, 1.54) is 24.3 Å². The van der Waals surface area contributed by atoms with Gasteiger partial charge in [-0.2, -0.15) is 0 Å². The molecule has 0 saturated heterocycles. The van der Waals surface area contributed by atoms with Crippen LogP contribution in [0, 0.1) is 30.2 Å². The summed E-state index contributed by atoms with van der Waals surface area (Å²) in [5.74, 6) is -4.70. The fourth-order valence-electron chi connectivity index (χ4n) is 2.93. The minimum atomic E-state index is -1.20. The summed E-state index contributed by atoms with van der Waals surface area (Å²) in [6.07, 6.45) is 0. The van der Waals surface area contributed by atoms with Crippen molar-refractivity contribution in [1.82, 2.24) is 0 Å². The molecule has 0 saturated carbocycles. The summed E-state index contributed by atoms with van der Waals surface area (Å²) in [5, 5.41) is 0. The lowest BCUT2D eigenvalue weighted by Crippen LogP contribution is -2.01. The largest absolute Gasteiger partial charge is 0.203 e. The van der Waals surface area contributed by atoms with Crippen LogP contribution in [0.5, 0.6) is 0 Å².